The van der Waals surface area contributed by atoms with Crippen molar-refractivity contribution in [2.45, 2.75) is 45.8 Å². The maximum absolute atomic E-state index is 12.8. The van der Waals surface area contributed by atoms with E-state index >= 15 is 0 Å². The Morgan fingerprint density at radius 3 is 2.54 bits per heavy atom. The largest absolute Gasteiger partial charge is 0.435 e. The number of likely N-dealkylation sites (tertiary alicyclic amines) is 1. The Morgan fingerprint density at radius 2 is 1.88 bits per heavy atom. The van der Waals surface area contributed by atoms with Crippen LogP contribution in [0.1, 0.15) is 41.1 Å². The van der Waals surface area contributed by atoms with Crippen molar-refractivity contribution in [1.29, 1.82) is 0 Å². The van der Waals surface area contributed by atoms with Gasteiger partial charge in [0.1, 0.15) is 5.75 Å². The van der Waals surface area contributed by atoms with E-state index < -0.39 is 6.61 Å². The minimum absolute atomic E-state index is 0.0632. The second-order valence-electron chi connectivity index (χ2n) is 6.79. The second kappa shape index (κ2) is 7.85. The molecule has 5 heteroatoms. The molecule has 2 aromatic carbocycles. The van der Waals surface area contributed by atoms with Crippen LogP contribution in [0.5, 0.6) is 5.75 Å². The smallest absolute Gasteiger partial charge is 0.387 e. The van der Waals surface area contributed by atoms with Crippen LogP contribution < -0.4 is 4.74 Å². The van der Waals surface area contributed by atoms with E-state index in [0.29, 0.717) is 0 Å². The minimum Gasteiger partial charge on any atom is -0.435 e. The van der Waals surface area contributed by atoms with Crippen LogP contribution in [0.25, 0.3) is 0 Å². The molecule has 138 valence electrons. The van der Waals surface area contributed by atoms with Crippen LogP contribution in [0, 0.1) is 13.8 Å². The number of ether oxygens (including phenoxy) is 1. The van der Waals surface area contributed by atoms with E-state index in [2.05, 4.69) is 36.8 Å². The van der Waals surface area contributed by atoms with Crippen LogP contribution in [0.4, 0.5) is 8.78 Å². The number of nitrogens with zero attached hydrogens (tertiary/aromatic N) is 1. The van der Waals surface area contributed by atoms with Gasteiger partial charge < -0.3 is 9.64 Å². The first-order valence-electron chi connectivity index (χ1n) is 8.84. The van der Waals surface area contributed by atoms with Crippen LogP contribution in [0.3, 0.4) is 0 Å². The van der Waals surface area contributed by atoms with Gasteiger partial charge in [-0.1, -0.05) is 30.3 Å². The highest BCUT2D eigenvalue weighted by Crippen LogP contribution is 2.33. The van der Waals surface area contributed by atoms with Crippen molar-refractivity contribution >= 4 is 5.91 Å². The lowest BCUT2D eigenvalue weighted by Gasteiger charge is -2.26. The van der Waals surface area contributed by atoms with Crippen molar-refractivity contribution in [3.63, 3.8) is 0 Å². The summed E-state index contributed by atoms with van der Waals surface area (Å²) in [7, 11) is 0. The van der Waals surface area contributed by atoms with Gasteiger partial charge in [0.15, 0.2) is 0 Å². The van der Waals surface area contributed by atoms with Gasteiger partial charge in [0.05, 0.1) is 12.5 Å². The Kier molecular flexibility index (Phi) is 5.55. The minimum atomic E-state index is -2.84. The maximum Gasteiger partial charge on any atom is 0.387 e. The molecule has 0 bridgehead atoms. The van der Waals surface area contributed by atoms with Gasteiger partial charge in [-0.15, -0.1) is 0 Å². The normalized spacial score (nSPS) is 17.0. The van der Waals surface area contributed by atoms with Crippen molar-refractivity contribution in [2.24, 2.45) is 0 Å². The molecule has 1 heterocycles. The Hall–Kier alpha value is -2.43. The monoisotopic (exact) mass is 359 g/mol. The van der Waals surface area contributed by atoms with Gasteiger partial charge in [0, 0.05) is 6.54 Å². The van der Waals surface area contributed by atoms with E-state index in [9.17, 15) is 13.6 Å². The van der Waals surface area contributed by atoms with Gasteiger partial charge in [0.25, 0.3) is 0 Å². The Bertz CT molecular complexity index is 774. The molecule has 0 radical (unpaired) electrons. The number of aryl methyl sites for hydroxylation is 2. The zero-order valence-electron chi connectivity index (χ0n) is 15.0. The van der Waals surface area contributed by atoms with Gasteiger partial charge in [-0.05, 0) is 61.1 Å². The number of hydrogen-bond acceptors (Lipinski definition) is 2. The van der Waals surface area contributed by atoms with Gasteiger partial charge in [-0.2, -0.15) is 8.78 Å². The lowest BCUT2D eigenvalue weighted by molar-refractivity contribution is -0.131. The van der Waals surface area contributed by atoms with E-state index in [4.69, 9.17) is 0 Å². The van der Waals surface area contributed by atoms with Crippen molar-refractivity contribution in [1.82, 2.24) is 4.90 Å². The third-order valence-electron chi connectivity index (χ3n) is 4.99. The fourth-order valence-corrected chi connectivity index (χ4v) is 3.45. The molecule has 1 amide bonds. The quantitative estimate of drug-likeness (QED) is 0.767. The Labute approximate surface area is 152 Å². The summed E-state index contributed by atoms with van der Waals surface area (Å²) in [6, 6.07) is 12.8. The van der Waals surface area contributed by atoms with E-state index in [1.807, 2.05) is 4.90 Å². The standard InChI is InChI=1S/C21H23F2NO2/c1-14-5-8-17(12-15(14)2)19-4-3-11-24(19)20(25)13-16-6-9-18(10-7-16)26-21(22)23/h5-10,12,19,21H,3-4,11,13H2,1-2H3. The van der Waals surface area contributed by atoms with E-state index in [1.54, 1.807) is 12.1 Å². The zero-order chi connectivity index (χ0) is 18.7. The summed E-state index contributed by atoms with van der Waals surface area (Å²) < 4.78 is 28.8. The molecule has 0 spiro atoms. The molecular weight excluding hydrogens is 336 g/mol. The molecule has 2 aromatic rings. The van der Waals surface area contributed by atoms with Crippen molar-refractivity contribution < 1.29 is 18.3 Å². The van der Waals surface area contributed by atoms with Crippen LogP contribution in [-0.4, -0.2) is 24.0 Å². The molecule has 3 rings (SSSR count). The second-order valence-corrected chi connectivity index (χ2v) is 6.79. The molecule has 0 N–H and O–H groups in total. The van der Waals surface area contributed by atoms with Crippen LogP contribution >= 0.6 is 0 Å². The molecule has 0 aromatic heterocycles. The fourth-order valence-electron chi connectivity index (χ4n) is 3.45. The summed E-state index contributed by atoms with van der Waals surface area (Å²) >= 11 is 0. The van der Waals surface area contributed by atoms with Gasteiger partial charge in [-0.25, -0.2) is 0 Å². The van der Waals surface area contributed by atoms with Gasteiger partial charge in [0.2, 0.25) is 5.91 Å². The summed E-state index contributed by atoms with van der Waals surface area (Å²) in [6.45, 7) is 2.08. The van der Waals surface area contributed by atoms with Crippen molar-refractivity contribution in [2.75, 3.05) is 6.54 Å². The van der Waals surface area contributed by atoms with Gasteiger partial charge >= 0.3 is 6.61 Å². The Balaban J connectivity index is 1.69. The molecule has 1 atom stereocenters. The average Bonchev–Trinajstić information content (AvgIpc) is 3.08. The first-order valence-corrected chi connectivity index (χ1v) is 8.84. The van der Waals surface area contributed by atoms with Crippen LogP contribution in [0.2, 0.25) is 0 Å². The molecule has 1 unspecified atom stereocenters. The van der Waals surface area contributed by atoms with E-state index in [-0.39, 0.29) is 24.1 Å². The highest BCUT2D eigenvalue weighted by Gasteiger charge is 2.29. The van der Waals surface area contributed by atoms with Crippen LogP contribution in [0.15, 0.2) is 42.5 Å². The summed E-state index contributed by atoms with van der Waals surface area (Å²) in [5.74, 6) is 0.165. The number of alkyl halides is 2. The molecule has 0 aliphatic carbocycles. The number of carbonyl (C=O) groups excluding carboxylic acids is 1. The topological polar surface area (TPSA) is 29.5 Å². The number of carbonyl (C=O) groups is 1. The fraction of sp³-hybridized carbons (Fsp3) is 0.381. The summed E-state index contributed by atoms with van der Waals surface area (Å²) in [4.78, 5) is 14.7. The highest BCUT2D eigenvalue weighted by atomic mass is 19.3. The SMILES string of the molecule is Cc1ccc(C2CCCN2C(=O)Cc2ccc(OC(F)F)cc2)cc1C. The number of hydrogen-bond donors (Lipinski definition) is 0. The lowest BCUT2D eigenvalue weighted by atomic mass is 9.99. The van der Waals surface area contributed by atoms with E-state index in [0.717, 1.165) is 24.9 Å². The van der Waals surface area contributed by atoms with Gasteiger partial charge in [-0.3, -0.25) is 4.79 Å². The molecule has 26 heavy (non-hydrogen) atoms. The number of amides is 1. The van der Waals surface area contributed by atoms with Crippen molar-refractivity contribution in [3.05, 3.63) is 64.7 Å². The van der Waals surface area contributed by atoms with Crippen molar-refractivity contribution in [3.8, 4) is 5.75 Å². The third kappa shape index (κ3) is 4.21. The molecule has 1 aliphatic rings. The zero-order valence-corrected chi connectivity index (χ0v) is 15.0. The molecular formula is C21H23F2NO2. The summed E-state index contributed by atoms with van der Waals surface area (Å²) in [6.07, 6.45) is 2.22. The summed E-state index contributed by atoms with van der Waals surface area (Å²) in [5.41, 5.74) is 4.45. The number of halogens is 2. The molecule has 1 fully saturated rings. The number of benzene rings is 2. The molecule has 3 nitrogen and oxygen atoms in total. The maximum atomic E-state index is 12.8. The lowest BCUT2D eigenvalue weighted by Crippen LogP contribution is -2.31. The molecule has 1 saturated heterocycles. The Morgan fingerprint density at radius 1 is 1.15 bits per heavy atom. The molecule has 0 saturated carbocycles. The first-order chi connectivity index (χ1) is 12.4. The predicted octanol–water partition coefficient (Wildman–Crippen LogP) is 4.81. The molecule has 1 aliphatic heterocycles. The average molecular weight is 359 g/mol. The van der Waals surface area contributed by atoms with E-state index in [1.165, 1.54) is 28.8 Å². The highest BCUT2D eigenvalue weighted by molar-refractivity contribution is 5.79. The predicted molar refractivity (Wildman–Crippen MR) is 96.4 cm³/mol. The third-order valence-corrected chi connectivity index (χ3v) is 4.99. The first kappa shape index (κ1) is 18.4. The number of rotatable bonds is 5. The van der Waals surface area contributed by atoms with Crippen LogP contribution in [-0.2, 0) is 11.2 Å². The summed E-state index contributed by atoms with van der Waals surface area (Å²) in [5, 5.41) is 0.